The molecule has 1 saturated heterocycles. The smallest absolute Gasteiger partial charge is 0.119 e. The van der Waals surface area contributed by atoms with E-state index in [9.17, 15) is 0 Å². The van der Waals surface area contributed by atoms with Crippen molar-refractivity contribution in [2.75, 3.05) is 19.8 Å². The second-order valence-electron chi connectivity index (χ2n) is 4.46. The molecule has 0 amide bonds. The van der Waals surface area contributed by atoms with E-state index in [1.807, 2.05) is 30.3 Å². The van der Waals surface area contributed by atoms with Gasteiger partial charge in [-0.05, 0) is 25.0 Å². The van der Waals surface area contributed by atoms with Gasteiger partial charge in [0.05, 0.1) is 6.61 Å². The standard InChI is InChI=1S/C14H21NO2/c1-2-12(15-13-8-9-16-10-13)11-17-14-6-4-3-5-7-14/h3-7,12-13,15H,2,8-11H2,1H3/t12-,13+/m1/s1. The lowest BCUT2D eigenvalue weighted by Gasteiger charge is -2.21. The van der Waals surface area contributed by atoms with Gasteiger partial charge in [0.2, 0.25) is 0 Å². The van der Waals surface area contributed by atoms with Crippen molar-refractivity contribution in [3.05, 3.63) is 30.3 Å². The summed E-state index contributed by atoms with van der Waals surface area (Å²) in [5.41, 5.74) is 0. The van der Waals surface area contributed by atoms with Crippen LogP contribution < -0.4 is 10.1 Å². The summed E-state index contributed by atoms with van der Waals surface area (Å²) in [6.45, 7) is 4.62. The highest BCUT2D eigenvalue weighted by atomic mass is 16.5. The fraction of sp³-hybridized carbons (Fsp3) is 0.571. The van der Waals surface area contributed by atoms with Crippen molar-refractivity contribution < 1.29 is 9.47 Å². The molecule has 17 heavy (non-hydrogen) atoms. The summed E-state index contributed by atoms with van der Waals surface area (Å²) in [6, 6.07) is 10.9. The molecule has 1 N–H and O–H groups in total. The van der Waals surface area contributed by atoms with Crippen LogP contribution >= 0.6 is 0 Å². The molecule has 0 unspecified atom stereocenters. The van der Waals surface area contributed by atoms with Crippen LogP contribution in [0, 0.1) is 0 Å². The van der Waals surface area contributed by atoms with Crippen LogP contribution in [0.5, 0.6) is 5.75 Å². The molecule has 0 aliphatic carbocycles. The van der Waals surface area contributed by atoms with Gasteiger partial charge < -0.3 is 14.8 Å². The van der Waals surface area contributed by atoms with E-state index in [2.05, 4.69) is 12.2 Å². The zero-order valence-corrected chi connectivity index (χ0v) is 10.4. The Kier molecular flexibility index (Phi) is 4.83. The molecule has 1 fully saturated rings. The number of hydrogen-bond acceptors (Lipinski definition) is 3. The zero-order chi connectivity index (χ0) is 11.9. The van der Waals surface area contributed by atoms with Gasteiger partial charge in [-0.25, -0.2) is 0 Å². The van der Waals surface area contributed by atoms with Crippen molar-refractivity contribution in [3.63, 3.8) is 0 Å². The Morgan fingerprint density at radius 3 is 2.88 bits per heavy atom. The second kappa shape index (κ2) is 6.62. The molecule has 0 bridgehead atoms. The Labute approximate surface area is 103 Å². The van der Waals surface area contributed by atoms with E-state index in [4.69, 9.17) is 9.47 Å². The summed E-state index contributed by atoms with van der Waals surface area (Å²) < 4.78 is 11.1. The first-order valence-corrected chi connectivity index (χ1v) is 6.40. The molecular weight excluding hydrogens is 214 g/mol. The zero-order valence-electron chi connectivity index (χ0n) is 10.4. The van der Waals surface area contributed by atoms with Crippen LogP contribution in [0.4, 0.5) is 0 Å². The topological polar surface area (TPSA) is 30.5 Å². The average Bonchev–Trinajstić information content (AvgIpc) is 2.88. The molecule has 94 valence electrons. The maximum atomic E-state index is 5.77. The van der Waals surface area contributed by atoms with Gasteiger partial charge in [0.25, 0.3) is 0 Å². The summed E-state index contributed by atoms with van der Waals surface area (Å²) in [4.78, 5) is 0. The van der Waals surface area contributed by atoms with Crippen LogP contribution in [-0.2, 0) is 4.74 Å². The van der Waals surface area contributed by atoms with Gasteiger partial charge in [0.1, 0.15) is 12.4 Å². The minimum absolute atomic E-state index is 0.405. The highest BCUT2D eigenvalue weighted by molar-refractivity contribution is 5.20. The lowest BCUT2D eigenvalue weighted by molar-refractivity contribution is 0.182. The Morgan fingerprint density at radius 1 is 1.41 bits per heavy atom. The molecule has 1 aromatic carbocycles. The highest BCUT2D eigenvalue weighted by Gasteiger charge is 2.18. The van der Waals surface area contributed by atoms with Crippen molar-refractivity contribution in [1.29, 1.82) is 0 Å². The second-order valence-corrected chi connectivity index (χ2v) is 4.46. The van der Waals surface area contributed by atoms with Crippen LogP contribution in [-0.4, -0.2) is 31.9 Å². The van der Waals surface area contributed by atoms with E-state index in [-0.39, 0.29) is 0 Å². The number of ether oxygens (including phenoxy) is 2. The van der Waals surface area contributed by atoms with E-state index >= 15 is 0 Å². The monoisotopic (exact) mass is 235 g/mol. The molecule has 3 heteroatoms. The number of hydrogen-bond donors (Lipinski definition) is 1. The van der Waals surface area contributed by atoms with Crippen LogP contribution in [0.1, 0.15) is 19.8 Å². The SMILES string of the molecule is CC[C@H](COc1ccccc1)N[C@H]1CCOC1. The Balaban J connectivity index is 1.75. The quantitative estimate of drug-likeness (QED) is 0.820. The van der Waals surface area contributed by atoms with E-state index in [0.717, 1.165) is 38.4 Å². The fourth-order valence-electron chi connectivity index (χ4n) is 2.00. The minimum atomic E-state index is 0.405. The summed E-state index contributed by atoms with van der Waals surface area (Å²) in [7, 11) is 0. The summed E-state index contributed by atoms with van der Waals surface area (Å²) in [5, 5.41) is 3.59. The lowest BCUT2D eigenvalue weighted by atomic mass is 10.2. The molecule has 2 rings (SSSR count). The van der Waals surface area contributed by atoms with Gasteiger partial charge in [-0.2, -0.15) is 0 Å². The fourth-order valence-corrected chi connectivity index (χ4v) is 2.00. The molecule has 1 heterocycles. The van der Waals surface area contributed by atoms with E-state index < -0.39 is 0 Å². The molecule has 1 aromatic rings. The molecule has 3 nitrogen and oxygen atoms in total. The number of nitrogens with one attached hydrogen (secondary N) is 1. The Bertz CT molecular complexity index is 309. The molecule has 0 radical (unpaired) electrons. The number of rotatable bonds is 6. The Morgan fingerprint density at radius 2 is 2.24 bits per heavy atom. The largest absolute Gasteiger partial charge is 0.492 e. The first-order valence-electron chi connectivity index (χ1n) is 6.40. The molecular formula is C14H21NO2. The summed E-state index contributed by atoms with van der Waals surface area (Å²) in [5.74, 6) is 0.940. The Hall–Kier alpha value is -1.06. The first-order chi connectivity index (χ1) is 8.38. The predicted octanol–water partition coefficient (Wildman–Crippen LogP) is 2.22. The van der Waals surface area contributed by atoms with Gasteiger partial charge in [0.15, 0.2) is 0 Å². The van der Waals surface area contributed by atoms with Crippen LogP contribution in [0.25, 0.3) is 0 Å². The molecule has 0 saturated carbocycles. The van der Waals surface area contributed by atoms with E-state index in [0.29, 0.717) is 12.1 Å². The average molecular weight is 235 g/mol. The maximum Gasteiger partial charge on any atom is 0.119 e. The van der Waals surface area contributed by atoms with Crippen molar-refractivity contribution >= 4 is 0 Å². The highest BCUT2D eigenvalue weighted by Crippen LogP contribution is 2.10. The minimum Gasteiger partial charge on any atom is -0.492 e. The van der Waals surface area contributed by atoms with Gasteiger partial charge in [-0.1, -0.05) is 25.1 Å². The van der Waals surface area contributed by atoms with Crippen molar-refractivity contribution in [2.45, 2.75) is 31.8 Å². The van der Waals surface area contributed by atoms with Gasteiger partial charge in [-0.15, -0.1) is 0 Å². The summed E-state index contributed by atoms with van der Waals surface area (Å²) >= 11 is 0. The first kappa shape index (κ1) is 12.4. The molecule has 1 aliphatic rings. The predicted molar refractivity (Wildman–Crippen MR) is 68.4 cm³/mol. The van der Waals surface area contributed by atoms with Crippen LogP contribution in [0.15, 0.2) is 30.3 Å². The maximum absolute atomic E-state index is 5.77. The van der Waals surface area contributed by atoms with Gasteiger partial charge in [0, 0.05) is 18.7 Å². The van der Waals surface area contributed by atoms with Crippen molar-refractivity contribution in [2.24, 2.45) is 0 Å². The third-order valence-corrected chi connectivity index (χ3v) is 3.09. The molecule has 0 spiro atoms. The lowest BCUT2D eigenvalue weighted by Crippen LogP contribution is -2.41. The normalized spacial score (nSPS) is 21.4. The number of para-hydroxylation sites is 1. The van der Waals surface area contributed by atoms with Gasteiger partial charge >= 0.3 is 0 Å². The van der Waals surface area contributed by atoms with Crippen molar-refractivity contribution in [1.82, 2.24) is 5.32 Å². The molecule has 2 atom stereocenters. The van der Waals surface area contributed by atoms with Crippen LogP contribution in [0.3, 0.4) is 0 Å². The molecule has 0 aromatic heterocycles. The third kappa shape index (κ3) is 4.02. The van der Waals surface area contributed by atoms with E-state index in [1.54, 1.807) is 0 Å². The van der Waals surface area contributed by atoms with Crippen molar-refractivity contribution in [3.8, 4) is 5.75 Å². The third-order valence-electron chi connectivity index (χ3n) is 3.09. The number of benzene rings is 1. The summed E-state index contributed by atoms with van der Waals surface area (Å²) in [6.07, 6.45) is 2.19. The van der Waals surface area contributed by atoms with Crippen LogP contribution in [0.2, 0.25) is 0 Å². The molecule has 1 aliphatic heterocycles. The van der Waals surface area contributed by atoms with E-state index in [1.165, 1.54) is 0 Å². The van der Waals surface area contributed by atoms with Gasteiger partial charge in [-0.3, -0.25) is 0 Å².